The van der Waals surface area contributed by atoms with E-state index in [1.165, 1.54) is 0 Å². The van der Waals surface area contributed by atoms with Gasteiger partial charge in [-0.2, -0.15) is 12.6 Å². The number of carbonyl (C=O) groups excluding carboxylic acids is 9. The van der Waals surface area contributed by atoms with Gasteiger partial charge in [-0.05, 0) is 47.3 Å². The van der Waals surface area contributed by atoms with Gasteiger partial charge in [-0.1, -0.05) is 46.6 Å². The molecule has 1 saturated heterocycles. The molecular weight excluding hydrogens is 909 g/mol. The molecule has 2 bridgehead atoms. The van der Waals surface area contributed by atoms with Gasteiger partial charge in [0.1, 0.15) is 30.0 Å². The Morgan fingerprint density at radius 1 is 0.836 bits per heavy atom. The van der Waals surface area contributed by atoms with Gasteiger partial charge < -0.3 is 52.0 Å². The van der Waals surface area contributed by atoms with Crippen LogP contribution in [-0.4, -0.2) is 146 Å². The average molecular weight is 971 g/mol. The highest BCUT2D eigenvalue weighted by Crippen LogP contribution is 2.33. The van der Waals surface area contributed by atoms with Crippen molar-refractivity contribution in [2.24, 2.45) is 17.8 Å². The number of hydrogen-bond acceptors (Lipinski definition) is 13. The maximum atomic E-state index is 14.5. The van der Waals surface area contributed by atoms with Gasteiger partial charge in [-0.3, -0.25) is 47.9 Å². The zero-order valence-electron chi connectivity index (χ0n) is 38.1. The molecule has 2 aromatic rings. The summed E-state index contributed by atoms with van der Waals surface area (Å²) in [6.07, 6.45) is -1.51. The number of nitrogens with zero attached hydrogens (tertiary/aromatic N) is 1. The van der Waals surface area contributed by atoms with Crippen LogP contribution in [-0.2, 0) is 60.8 Å². The van der Waals surface area contributed by atoms with E-state index < -0.39 is 133 Å². The number of thioether (sulfide) groups is 1. The van der Waals surface area contributed by atoms with Gasteiger partial charge in [-0.25, -0.2) is 0 Å². The van der Waals surface area contributed by atoms with E-state index in [9.17, 15) is 58.2 Å². The molecule has 0 aliphatic carbocycles. The van der Waals surface area contributed by atoms with Crippen LogP contribution in [0.15, 0.2) is 23.2 Å². The third-order valence-corrected chi connectivity index (χ3v) is 14.1. The molecule has 1 unspecified atom stereocenters. The van der Waals surface area contributed by atoms with Crippen LogP contribution < -0.4 is 31.9 Å². The third-order valence-electron chi connectivity index (χ3n) is 12.6. The zero-order valence-corrected chi connectivity index (χ0v) is 39.8. The summed E-state index contributed by atoms with van der Waals surface area (Å²) in [6.45, 7) is 5.33. The number of thiol groups is 1. The molecule has 5 rings (SSSR count). The van der Waals surface area contributed by atoms with E-state index in [2.05, 4.69) is 49.5 Å². The maximum absolute atomic E-state index is 14.5. The van der Waals surface area contributed by atoms with E-state index in [-0.39, 0.29) is 37.3 Å². The van der Waals surface area contributed by atoms with Crippen LogP contribution in [0.5, 0.6) is 0 Å². The number of aromatic nitrogens is 1. The number of fused-ring (bicyclic) bond motifs is 5. The second-order valence-corrected chi connectivity index (χ2v) is 19.1. The molecule has 7 amide bonds. The highest BCUT2D eigenvalue weighted by molar-refractivity contribution is 7.99. The second-order valence-electron chi connectivity index (χ2n) is 17.7. The Labute approximate surface area is 397 Å². The molecule has 1 aromatic heterocycles. The first-order valence-electron chi connectivity index (χ1n) is 22.7. The van der Waals surface area contributed by atoms with E-state index in [1.54, 1.807) is 45.9 Å². The second kappa shape index (κ2) is 24.0. The number of H-pyrrole nitrogens is 1. The molecular formula is C45H62N8O12S2. The number of aliphatic hydroxyl groups excluding tert-OH is 1. The fourth-order valence-electron chi connectivity index (χ4n) is 8.43. The minimum atomic E-state index is -1.55. The van der Waals surface area contributed by atoms with Crippen molar-refractivity contribution in [1.82, 2.24) is 41.8 Å². The maximum Gasteiger partial charge on any atom is 0.304 e. The van der Waals surface area contributed by atoms with Gasteiger partial charge in [0, 0.05) is 55.3 Å². The quantitative estimate of drug-likeness (QED) is 0.132. The Hall–Kier alpha value is -5.48. The summed E-state index contributed by atoms with van der Waals surface area (Å²) in [4.78, 5) is 142. The molecule has 0 saturated carbocycles. The molecule has 0 spiro atoms. The topological polar surface area (TPSA) is 302 Å². The predicted molar refractivity (Wildman–Crippen MR) is 249 cm³/mol. The summed E-state index contributed by atoms with van der Waals surface area (Å²) < 4.78 is 0. The number of benzene rings is 1. The van der Waals surface area contributed by atoms with Crippen LogP contribution in [0.3, 0.4) is 0 Å². The predicted octanol–water partition coefficient (Wildman–Crippen LogP) is -0.0730. The van der Waals surface area contributed by atoms with Crippen molar-refractivity contribution in [3.8, 4) is 0 Å². The molecule has 3 aliphatic heterocycles. The normalized spacial score (nSPS) is 26.2. The van der Waals surface area contributed by atoms with Crippen LogP contribution in [0.4, 0.5) is 0 Å². The summed E-state index contributed by atoms with van der Waals surface area (Å²) in [7, 11) is 0. The first-order chi connectivity index (χ1) is 31.8. The highest BCUT2D eigenvalue weighted by Gasteiger charge is 2.44. The van der Waals surface area contributed by atoms with Crippen LogP contribution in [0.2, 0.25) is 0 Å². The lowest BCUT2D eigenvalue weighted by molar-refractivity contribution is -0.148. The number of carbonyl (C=O) groups is 10. The molecule has 20 nitrogen and oxygen atoms in total. The van der Waals surface area contributed by atoms with Crippen LogP contribution in [0.1, 0.15) is 83.8 Å². The Balaban J connectivity index is 1.71. The lowest BCUT2D eigenvalue weighted by Gasteiger charge is -2.31. The van der Waals surface area contributed by atoms with Crippen molar-refractivity contribution in [1.29, 1.82) is 0 Å². The fraction of sp³-hybridized carbons (Fsp3) is 0.600. The van der Waals surface area contributed by atoms with E-state index in [1.807, 2.05) is 0 Å². The standard InChI is InChI=1S/C45H62N8O12S2/c1-5-22(3)38-42(63)47-18-35(57)48-32-21-67-44-29(28-13-24(9-10-30(28)50-44)12-26(54)8-7-11-66)17-31(40(61)46-19-36(58)51-38)49-43(64)39(23(4)6-2)52-41(62)33-16-27(55)20-53(33)45(65)25(14-34(32)56)15-37(59)60/h9-10,13,22-23,25,27,31-33,38-39,50,55,66H,5-8,11-12,14-21H2,1-4H3,(H,46,61)(H,47,63)(H,48,57)(H,49,64)(H,51,58)(H,52,62)(H,59,60)/t22-,23?,25-,27+,31+,32-,33-,38-,39-/m0/s1. The number of carboxylic acids is 1. The molecule has 0 radical (unpaired) electrons. The van der Waals surface area contributed by atoms with Crippen molar-refractivity contribution in [3.05, 3.63) is 29.3 Å². The number of nitrogens with one attached hydrogen (secondary N) is 7. The van der Waals surface area contributed by atoms with E-state index in [0.717, 1.165) is 16.7 Å². The van der Waals surface area contributed by atoms with Gasteiger partial charge in [0.2, 0.25) is 41.4 Å². The number of aliphatic hydroxyl groups is 1. The summed E-state index contributed by atoms with van der Waals surface area (Å²) in [5, 5.41) is 37.5. The summed E-state index contributed by atoms with van der Waals surface area (Å²) in [5.41, 5.74) is 1.66. The van der Waals surface area contributed by atoms with Crippen molar-refractivity contribution in [2.45, 2.75) is 127 Å². The van der Waals surface area contributed by atoms with Crippen LogP contribution in [0.25, 0.3) is 10.9 Å². The van der Waals surface area contributed by atoms with Gasteiger partial charge in [0.15, 0.2) is 5.78 Å². The third kappa shape index (κ3) is 13.8. The number of aromatic amines is 1. The number of rotatable bonds is 11. The molecule has 9 N–H and O–H groups in total. The molecule has 67 heavy (non-hydrogen) atoms. The minimum absolute atomic E-state index is 0.0268. The molecule has 3 aliphatic rings. The number of Topliss-reactive ketones (excluding diaryl/α,β-unsaturated/α-hetero) is 2. The van der Waals surface area contributed by atoms with Gasteiger partial charge >= 0.3 is 5.97 Å². The van der Waals surface area contributed by atoms with Crippen molar-refractivity contribution in [2.75, 3.05) is 31.1 Å². The molecule has 22 heteroatoms. The zero-order chi connectivity index (χ0) is 49.1. The van der Waals surface area contributed by atoms with Crippen LogP contribution in [0, 0.1) is 17.8 Å². The smallest absolute Gasteiger partial charge is 0.304 e. The monoisotopic (exact) mass is 970 g/mol. The molecule has 1 aromatic carbocycles. The van der Waals surface area contributed by atoms with E-state index in [4.69, 9.17) is 0 Å². The Kier molecular flexibility index (Phi) is 18.8. The Morgan fingerprint density at radius 3 is 2.15 bits per heavy atom. The molecule has 1 fully saturated rings. The first-order valence-corrected chi connectivity index (χ1v) is 24.3. The number of hydrogen-bond donors (Lipinski definition) is 10. The highest BCUT2D eigenvalue weighted by atomic mass is 32.2. The van der Waals surface area contributed by atoms with Gasteiger partial charge in [-0.15, -0.1) is 11.8 Å². The fourth-order valence-corrected chi connectivity index (χ4v) is 9.74. The number of carboxylic acid groups (broad SMARTS) is 1. The lowest BCUT2D eigenvalue weighted by Crippen LogP contribution is -2.59. The van der Waals surface area contributed by atoms with Gasteiger partial charge in [0.25, 0.3) is 0 Å². The summed E-state index contributed by atoms with van der Waals surface area (Å²) >= 11 is 5.27. The lowest BCUT2D eigenvalue weighted by atomic mass is 9.93. The summed E-state index contributed by atoms with van der Waals surface area (Å²) in [6, 6.07) is -1.41. The Morgan fingerprint density at radius 2 is 1.49 bits per heavy atom. The Bertz CT molecular complexity index is 2240. The van der Waals surface area contributed by atoms with Crippen LogP contribution >= 0.6 is 24.4 Å². The van der Waals surface area contributed by atoms with Crippen molar-refractivity contribution >= 4 is 94.2 Å². The van der Waals surface area contributed by atoms with E-state index in [0.29, 0.717) is 58.5 Å². The average Bonchev–Trinajstić information content (AvgIpc) is 3.85. The van der Waals surface area contributed by atoms with Gasteiger partial charge in [0.05, 0.1) is 42.6 Å². The van der Waals surface area contributed by atoms with Crippen molar-refractivity contribution in [3.63, 3.8) is 0 Å². The number of aliphatic carboxylic acids is 1. The van der Waals surface area contributed by atoms with E-state index >= 15 is 0 Å². The SMILES string of the molecule is CCC(C)[C@@H]1NC(=O)[C@@H]2C[C@@H](O)CN2C(=O)[C@H](CC(=O)O)CC(=O)[C@@H]2CSc3[nH]c4ccc(CC(=O)CCCS)cc4c3C[C@@H](NC1=O)C(=O)NCC(=O)N[C@@H]([C@@H](C)CC)C(=O)NCC(=O)N2. The summed E-state index contributed by atoms with van der Waals surface area (Å²) in [5.74, 6) is -10.1. The minimum Gasteiger partial charge on any atom is -0.481 e. The first kappa shape index (κ1) is 52.5. The number of amides is 7. The molecule has 4 heterocycles. The number of ketones is 2. The largest absolute Gasteiger partial charge is 0.481 e. The molecule has 9 atom stereocenters. The van der Waals surface area contributed by atoms with Crippen molar-refractivity contribution < 1.29 is 58.2 Å². The molecule has 366 valence electrons.